The molecule has 1 aliphatic heterocycles. The second kappa shape index (κ2) is 7.26. The van der Waals surface area contributed by atoms with Crippen LogP contribution in [0.2, 0.25) is 0 Å². The number of anilines is 1. The summed E-state index contributed by atoms with van der Waals surface area (Å²) in [6, 6.07) is 6.18. The lowest BCUT2D eigenvalue weighted by Crippen LogP contribution is -2.56. The number of rotatable bonds is 5. The number of nitrogens with one attached hydrogen (secondary N) is 1. The minimum Gasteiger partial charge on any atom is -0.481 e. The topological polar surface area (TPSA) is 104 Å². The summed E-state index contributed by atoms with van der Waals surface area (Å²) in [5.41, 5.74) is 2.19. The number of halogens is 2. The molecule has 4 aromatic rings. The van der Waals surface area contributed by atoms with Crippen molar-refractivity contribution in [1.82, 2.24) is 19.7 Å². The number of imidazole rings is 1. The highest BCUT2D eigenvalue weighted by Crippen LogP contribution is 2.47. The van der Waals surface area contributed by atoms with Gasteiger partial charge in [-0.05, 0) is 35.9 Å². The van der Waals surface area contributed by atoms with Crippen LogP contribution in [0, 0.1) is 17.6 Å². The van der Waals surface area contributed by atoms with Gasteiger partial charge in [0.15, 0.2) is 0 Å². The molecule has 2 N–H and O–H groups in total. The third kappa shape index (κ3) is 3.11. The fourth-order valence-electron chi connectivity index (χ4n) is 4.23. The smallest absolute Gasteiger partial charge is 0.304 e. The van der Waals surface area contributed by atoms with Gasteiger partial charge in [0, 0.05) is 30.1 Å². The van der Waals surface area contributed by atoms with Crippen molar-refractivity contribution in [3.05, 3.63) is 66.3 Å². The lowest BCUT2D eigenvalue weighted by Gasteiger charge is -2.47. The number of β-lactam (4-membered cyclic amide) rings is 1. The summed E-state index contributed by atoms with van der Waals surface area (Å²) in [6.45, 7) is 0. The highest BCUT2D eigenvalue weighted by molar-refractivity contribution is 6.05. The number of hydrogen-bond donors (Lipinski definition) is 2. The van der Waals surface area contributed by atoms with E-state index in [4.69, 9.17) is 0 Å². The SMILES string of the molecule is Cn1cc(-c2cc(F)c(C3C(CC(=O)O)C(=O)N3c3ccc4nc[nH]c4c3)c(F)c2)cn1. The second-order valence-corrected chi connectivity index (χ2v) is 7.72. The van der Waals surface area contributed by atoms with Crippen LogP contribution in [0.3, 0.4) is 0 Å². The Balaban J connectivity index is 1.60. The molecule has 0 bridgehead atoms. The number of amides is 1. The summed E-state index contributed by atoms with van der Waals surface area (Å²) in [5.74, 6) is -4.52. The van der Waals surface area contributed by atoms with Gasteiger partial charge >= 0.3 is 5.97 Å². The largest absolute Gasteiger partial charge is 0.481 e. The van der Waals surface area contributed by atoms with Gasteiger partial charge in [0.25, 0.3) is 0 Å². The van der Waals surface area contributed by atoms with E-state index >= 15 is 8.78 Å². The Morgan fingerprint density at radius 2 is 1.94 bits per heavy atom. The number of carbonyl (C=O) groups excluding carboxylic acids is 1. The molecule has 162 valence electrons. The molecule has 2 unspecified atom stereocenters. The van der Waals surface area contributed by atoms with Crippen molar-refractivity contribution in [3.8, 4) is 11.1 Å². The van der Waals surface area contributed by atoms with E-state index in [9.17, 15) is 14.7 Å². The van der Waals surface area contributed by atoms with E-state index in [2.05, 4.69) is 15.1 Å². The van der Waals surface area contributed by atoms with Crippen molar-refractivity contribution in [2.24, 2.45) is 13.0 Å². The van der Waals surface area contributed by atoms with Gasteiger partial charge < -0.3 is 15.0 Å². The van der Waals surface area contributed by atoms with Gasteiger partial charge in [-0.15, -0.1) is 0 Å². The Labute approximate surface area is 180 Å². The summed E-state index contributed by atoms with van der Waals surface area (Å²) < 4.78 is 32.0. The summed E-state index contributed by atoms with van der Waals surface area (Å²) in [5, 5.41) is 13.3. The zero-order valence-corrected chi connectivity index (χ0v) is 16.8. The molecule has 1 fully saturated rings. The molecule has 2 atom stereocenters. The van der Waals surface area contributed by atoms with Gasteiger partial charge in [-0.1, -0.05) is 0 Å². The number of hydrogen-bond acceptors (Lipinski definition) is 4. The van der Waals surface area contributed by atoms with Crippen LogP contribution < -0.4 is 4.90 Å². The molecule has 1 saturated heterocycles. The number of fused-ring (bicyclic) bond motifs is 1. The minimum atomic E-state index is -1.22. The maximum atomic E-state index is 15.2. The van der Waals surface area contributed by atoms with E-state index in [0.29, 0.717) is 27.8 Å². The monoisotopic (exact) mass is 437 g/mol. The molecular weight excluding hydrogens is 420 g/mol. The van der Waals surface area contributed by atoms with Crippen LogP contribution in [-0.4, -0.2) is 36.7 Å². The molecule has 2 aromatic carbocycles. The highest BCUT2D eigenvalue weighted by atomic mass is 19.1. The molecule has 1 aliphatic rings. The van der Waals surface area contributed by atoms with Gasteiger partial charge in [0.2, 0.25) is 5.91 Å². The van der Waals surface area contributed by atoms with Crippen LogP contribution >= 0.6 is 0 Å². The van der Waals surface area contributed by atoms with Crippen molar-refractivity contribution in [3.63, 3.8) is 0 Å². The number of aliphatic carboxylic acids is 1. The van der Waals surface area contributed by atoms with E-state index in [0.717, 1.165) is 0 Å². The molecule has 0 spiro atoms. The number of carboxylic acids is 1. The quantitative estimate of drug-likeness (QED) is 0.466. The van der Waals surface area contributed by atoms with Gasteiger partial charge in [0.05, 0.1) is 41.9 Å². The van der Waals surface area contributed by atoms with Crippen LogP contribution in [0.1, 0.15) is 18.0 Å². The summed E-state index contributed by atoms with van der Waals surface area (Å²) in [4.78, 5) is 32.5. The molecule has 3 heterocycles. The molecule has 8 nitrogen and oxygen atoms in total. The van der Waals surface area contributed by atoms with Crippen molar-refractivity contribution in [2.45, 2.75) is 12.5 Å². The number of aryl methyl sites for hydroxylation is 1. The van der Waals surface area contributed by atoms with E-state index in [1.807, 2.05) is 0 Å². The normalized spacial score (nSPS) is 18.2. The van der Waals surface area contributed by atoms with Gasteiger partial charge in [0.1, 0.15) is 11.6 Å². The summed E-state index contributed by atoms with van der Waals surface area (Å²) in [7, 11) is 1.69. The van der Waals surface area contributed by atoms with Crippen LogP contribution in [0.15, 0.2) is 49.1 Å². The van der Waals surface area contributed by atoms with Gasteiger partial charge in [-0.3, -0.25) is 14.3 Å². The van der Waals surface area contributed by atoms with Crippen molar-refractivity contribution >= 4 is 28.6 Å². The number of carboxylic acid groups (broad SMARTS) is 1. The molecule has 0 radical (unpaired) electrons. The molecular formula is C22H17F2N5O3. The lowest BCUT2D eigenvalue weighted by molar-refractivity contribution is -0.144. The van der Waals surface area contributed by atoms with Gasteiger partial charge in [-0.25, -0.2) is 13.8 Å². The molecule has 0 aliphatic carbocycles. The maximum Gasteiger partial charge on any atom is 0.304 e. The van der Waals surface area contributed by atoms with E-state index in [-0.39, 0.29) is 5.56 Å². The predicted molar refractivity (Wildman–Crippen MR) is 111 cm³/mol. The van der Waals surface area contributed by atoms with Crippen LogP contribution in [-0.2, 0) is 16.6 Å². The molecule has 1 amide bonds. The molecule has 0 saturated carbocycles. The molecule has 2 aromatic heterocycles. The summed E-state index contributed by atoms with van der Waals surface area (Å²) >= 11 is 0. The van der Waals surface area contributed by atoms with Crippen molar-refractivity contribution in [2.75, 3.05) is 4.90 Å². The molecule has 10 heteroatoms. The Bertz CT molecular complexity index is 1360. The Kier molecular flexibility index (Phi) is 4.50. The predicted octanol–water partition coefficient (Wildman–Crippen LogP) is 3.42. The highest BCUT2D eigenvalue weighted by Gasteiger charge is 2.51. The standard InChI is InChI=1S/C22H17F2N5O3/c1-28-9-12(8-27-28)11-4-15(23)20(16(24)5-11)21-14(7-19(30)31)22(32)29(21)13-2-3-17-18(6-13)26-10-25-17/h2-6,8-10,14,21H,7H2,1H3,(H,25,26)(H,30,31). The number of H-pyrrole nitrogens is 1. The second-order valence-electron chi connectivity index (χ2n) is 7.72. The van der Waals surface area contributed by atoms with Crippen molar-refractivity contribution in [1.29, 1.82) is 0 Å². The number of aromatic nitrogens is 4. The van der Waals surface area contributed by atoms with E-state index in [1.165, 1.54) is 34.2 Å². The lowest BCUT2D eigenvalue weighted by atomic mass is 9.79. The maximum absolute atomic E-state index is 15.2. The fourth-order valence-corrected chi connectivity index (χ4v) is 4.23. The van der Waals surface area contributed by atoms with E-state index < -0.39 is 41.9 Å². The van der Waals surface area contributed by atoms with Crippen LogP contribution in [0.4, 0.5) is 14.5 Å². The molecule has 5 rings (SSSR count). The van der Waals surface area contributed by atoms with E-state index in [1.54, 1.807) is 31.4 Å². The summed E-state index contributed by atoms with van der Waals surface area (Å²) in [6.07, 6.45) is 4.07. The number of nitrogens with zero attached hydrogens (tertiary/aromatic N) is 4. The fraction of sp³-hybridized carbons (Fsp3) is 0.182. The molecule has 32 heavy (non-hydrogen) atoms. The Morgan fingerprint density at radius 3 is 2.59 bits per heavy atom. The first-order chi connectivity index (χ1) is 15.3. The number of carbonyl (C=O) groups is 2. The zero-order chi connectivity index (χ0) is 22.6. The third-order valence-electron chi connectivity index (χ3n) is 5.70. The van der Waals surface area contributed by atoms with Crippen molar-refractivity contribution < 1.29 is 23.5 Å². The first-order valence-corrected chi connectivity index (χ1v) is 9.79. The average Bonchev–Trinajstić information content (AvgIpc) is 3.39. The van der Waals surface area contributed by atoms with Crippen LogP contribution in [0.25, 0.3) is 22.2 Å². The van der Waals surface area contributed by atoms with Gasteiger partial charge in [-0.2, -0.15) is 5.10 Å². The average molecular weight is 437 g/mol. The minimum absolute atomic E-state index is 0.294. The third-order valence-corrected chi connectivity index (χ3v) is 5.70. The Hall–Kier alpha value is -4.08. The van der Waals surface area contributed by atoms with Crippen LogP contribution in [0.5, 0.6) is 0 Å². The zero-order valence-electron chi connectivity index (χ0n) is 16.8. The number of aromatic amines is 1. The number of benzene rings is 2. The Morgan fingerprint density at radius 1 is 1.19 bits per heavy atom. The first-order valence-electron chi connectivity index (χ1n) is 9.79. The first kappa shape index (κ1) is 19.9.